The van der Waals surface area contributed by atoms with Crippen LogP contribution in [0.15, 0.2) is 11.3 Å². The van der Waals surface area contributed by atoms with E-state index in [0.717, 1.165) is 30.0 Å². The van der Waals surface area contributed by atoms with E-state index in [-0.39, 0.29) is 0 Å². The highest BCUT2D eigenvalue weighted by Gasteiger charge is 1.96. The van der Waals surface area contributed by atoms with Gasteiger partial charge in [-0.1, -0.05) is 33.1 Å². The molecule has 0 aromatic heterocycles. The lowest BCUT2D eigenvalue weighted by molar-refractivity contribution is -0.104. The van der Waals surface area contributed by atoms with Gasteiger partial charge in [0.2, 0.25) is 0 Å². The van der Waals surface area contributed by atoms with Gasteiger partial charge in [0, 0.05) is 17.8 Å². The third-order valence-corrected chi connectivity index (χ3v) is 2.62. The number of hydrogen-bond acceptors (Lipinski definition) is 2. The van der Waals surface area contributed by atoms with Crippen LogP contribution in [0.4, 0.5) is 0 Å². The van der Waals surface area contributed by atoms with Gasteiger partial charge < -0.3 is 5.32 Å². The van der Waals surface area contributed by atoms with E-state index in [1.165, 1.54) is 25.7 Å². The zero-order valence-corrected chi connectivity index (χ0v) is 10.6. The van der Waals surface area contributed by atoms with Gasteiger partial charge in [-0.25, -0.2) is 0 Å². The molecule has 0 fully saturated rings. The molecule has 15 heavy (non-hydrogen) atoms. The Labute approximate surface area is 94.1 Å². The van der Waals surface area contributed by atoms with Crippen LogP contribution in [0.5, 0.6) is 0 Å². The van der Waals surface area contributed by atoms with E-state index in [0.29, 0.717) is 0 Å². The molecule has 0 saturated heterocycles. The molecule has 0 amide bonds. The molecule has 88 valence electrons. The lowest BCUT2D eigenvalue weighted by atomic mass is 10.1. The molecule has 0 atom stereocenters. The highest BCUT2D eigenvalue weighted by Crippen LogP contribution is 2.07. The lowest BCUT2D eigenvalue weighted by Crippen LogP contribution is -2.14. The summed E-state index contributed by atoms with van der Waals surface area (Å²) in [6.45, 7) is 9.30. The van der Waals surface area contributed by atoms with E-state index >= 15 is 0 Å². The van der Waals surface area contributed by atoms with Crippen molar-refractivity contribution in [2.45, 2.75) is 53.4 Å². The zero-order valence-electron chi connectivity index (χ0n) is 10.6. The number of hydrogen-bond donors (Lipinski definition) is 1. The van der Waals surface area contributed by atoms with Crippen molar-refractivity contribution in [3.05, 3.63) is 11.3 Å². The number of carbonyl (C=O) groups excluding carboxylic acids is 1. The largest absolute Gasteiger partial charge is 0.388 e. The molecule has 0 aromatic carbocycles. The van der Waals surface area contributed by atoms with Crippen molar-refractivity contribution in [3.8, 4) is 0 Å². The van der Waals surface area contributed by atoms with Crippen molar-refractivity contribution < 1.29 is 4.79 Å². The number of allylic oxidation sites excluding steroid dienone is 2. The Morgan fingerprint density at radius 2 is 1.87 bits per heavy atom. The van der Waals surface area contributed by atoms with Gasteiger partial charge in [0.1, 0.15) is 6.29 Å². The first-order valence-corrected chi connectivity index (χ1v) is 5.94. The normalized spacial score (nSPS) is 12.6. The molecule has 0 aliphatic heterocycles. The van der Waals surface area contributed by atoms with E-state index in [4.69, 9.17) is 0 Å². The van der Waals surface area contributed by atoms with E-state index < -0.39 is 0 Å². The van der Waals surface area contributed by atoms with Gasteiger partial charge in [0.25, 0.3) is 0 Å². The van der Waals surface area contributed by atoms with Crippen LogP contribution in [0.3, 0.4) is 0 Å². The molecule has 0 aliphatic rings. The first kappa shape index (κ1) is 14.2. The summed E-state index contributed by atoms with van der Waals surface area (Å²) in [5, 5.41) is 3.27. The van der Waals surface area contributed by atoms with Crippen LogP contribution in [0, 0.1) is 5.92 Å². The monoisotopic (exact) mass is 211 g/mol. The average Bonchev–Trinajstić information content (AvgIpc) is 2.21. The molecule has 0 radical (unpaired) electrons. The van der Waals surface area contributed by atoms with Crippen molar-refractivity contribution in [2.24, 2.45) is 5.92 Å². The number of nitrogens with one attached hydrogen (secondary N) is 1. The molecule has 0 unspecified atom stereocenters. The van der Waals surface area contributed by atoms with Gasteiger partial charge in [-0.2, -0.15) is 0 Å². The molecule has 0 spiro atoms. The van der Waals surface area contributed by atoms with Crippen LogP contribution in [0.2, 0.25) is 0 Å². The Kier molecular flexibility index (Phi) is 8.06. The minimum atomic E-state index is 0.803. The number of unbranched alkanes of at least 4 members (excludes halogenated alkanes) is 2. The molecule has 0 bridgehead atoms. The maximum absolute atomic E-state index is 10.5. The lowest BCUT2D eigenvalue weighted by Gasteiger charge is -2.08. The average molecular weight is 211 g/mol. The fourth-order valence-corrected chi connectivity index (χ4v) is 1.36. The fourth-order valence-electron chi connectivity index (χ4n) is 1.36. The molecule has 0 rings (SSSR count). The molecule has 0 heterocycles. The van der Waals surface area contributed by atoms with Gasteiger partial charge in [0.05, 0.1) is 0 Å². The van der Waals surface area contributed by atoms with Gasteiger partial charge in [-0.05, 0) is 26.2 Å². The third kappa shape index (κ3) is 8.22. The Hall–Kier alpha value is -0.790. The van der Waals surface area contributed by atoms with Crippen LogP contribution >= 0.6 is 0 Å². The SMILES string of the molecule is CC(C=O)=C(C)NCCCCCC(C)C. The second-order valence-electron chi connectivity index (χ2n) is 4.60. The van der Waals surface area contributed by atoms with Gasteiger partial charge >= 0.3 is 0 Å². The molecule has 0 aliphatic carbocycles. The maximum Gasteiger partial charge on any atom is 0.147 e. The van der Waals surface area contributed by atoms with Gasteiger partial charge in [-0.3, -0.25) is 4.79 Å². The van der Waals surface area contributed by atoms with Crippen molar-refractivity contribution in [1.82, 2.24) is 5.32 Å². The summed E-state index contributed by atoms with van der Waals surface area (Å²) >= 11 is 0. The van der Waals surface area contributed by atoms with Crippen LogP contribution < -0.4 is 5.32 Å². The van der Waals surface area contributed by atoms with Crippen LogP contribution in [-0.2, 0) is 4.79 Å². The standard InChI is InChI=1S/C13H25NO/c1-11(2)8-6-5-7-9-14-13(4)12(3)10-15/h10-11,14H,5-9H2,1-4H3. The smallest absolute Gasteiger partial charge is 0.147 e. The van der Waals surface area contributed by atoms with Crippen LogP contribution in [-0.4, -0.2) is 12.8 Å². The molecule has 2 heteroatoms. The summed E-state index contributed by atoms with van der Waals surface area (Å²) in [7, 11) is 0. The summed E-state index contributed by atoms with van der Waals surface area (Å²) in [6, 6.07) is 0. The Morgan fingerprint density at radius 1 is 1.20 bits per heavy atom. The van der Waals surface area contributed by atoms with Gasteiger partial charge in [0.15, 0.2) is 0 Å². The van der Waals surface area contributed by atoms with Crippen molar-refractivity contribution >= 4 is 6.29 Å². The topological polar surface area (TPSA) is 29.1 Å². The number of carbonyl (C=O) groups is 1. The fraction of sp³-hybridized carbons (Fsp3) is 0.769. The predicted octanol–water partition coefficient (Wildman–Crippen LogP) is 3.29. The first-order valence-electron chi connectivity index (χ1n) is 5.94. The van der Waals surface area contributed by atoms with Crippen molar-refractivity contribution in [2.75, 3.05) is 6.54 Å². The Balaban J connectivity index is 3.43. The van der Waals surface area contributed by atoms with E-state index in [1.807, 2.05) is 13.8 Å². The summed E-state index contributed by atoms with van der Waals surface area (Å²) in [5.74, 6) is 0.817. The van der Waals surface area contributed by atoms with E-state index in [9.17, 15) is 4.79 Å². The summed E-state index contributed by atoms with van der Waals surface area (Å²) in [5.41, 5.74) is 1.81. The molecule has 0 aromatic rings. The van der Waals surface area contributed by atoms with Crippen LogP contribution in [0.1, 0.15) is 53.4 Å². The third-order valence-electron chi connectivity index (χ3n) is 2.62. The minimum absolute atomic E-state index is 0.803. The second kappa shape index (κ2) is 8.51. The number of rotatable bonds is 8. The quantitative estimate of drug-likeness (QED) is 0.379. The molecular weight excluding hydrogens is 186 g/mol. The molecule has 1 N–H and O–H groups in total. The second-order valence-corrected chi connectivity index (χ2v) is 4.60. The molecular formula is C13H25NO. The summed E-state index contributed by atoms with van der Waals surface area (Å²) in [4.78, 5) is 10.5. The number of aldehydes is 1. The molecule has 2 nitrogen and oxygen atoms in total. The van der Waals surface area contributed by atoms with Gasteiger partial charge in [-0.15, -0.1) is 0 Å². The van der Waals surface area contributed by atoms with Crippen LogP contribution in [0.25, 0.3) is 0 Å². The van der Waals surface area contributed by atoms with E-state index in [2.05, 4.69) is 19.2 Å². The summed E-state index contributed by atoms with van der Waals surface area (Å²) in [6.07, 6.45) is 6.01. The highest BCUT2D eigenvalue weighted by molar-refractivity contribution is 5.73. The maximum atomic E-state index is 10.5. The molecule has 0 saturated carbocycles. The summed E-state index contributed by atoms with van der Waals surface area (Å²) < 4.78 is 0. The van der Waals surface area contributed by atoms with Crippen molar-refractivity contribution in [1.29, 1.82) is 0 Å². The highest BCUT2D eigenvalue weighted by atomic mass is 16.1. The minimum Gasteiger partial charge on any atom is -0.388 e. The first-order chi connectivity index (χ1) is 7.07. The Morgan fingerprint density at radius 3 is 2.40 bits per heavy atom. The predicted molar refractivity (Wildman–Crippen MR) is 65.7 cm³/mol. The van der Waals surface area contributed by atoms with Crippen molar-refractivity contribution in [3.63, 3.8) is 0 Å². The zero-order chi connectivity index (χ0) is 11.7. The Bertz CT molecular complexity index is 207. The van der Waals surface area contributed by atoms with E-state index in [1.54, 1.807) is 0 Å².